The monoisotopic (exact) mass is 419 g/mol. The van der Waals surface area contributed by atoms with Crippen LogP contribution >= 0.6 is 15.9 Å². The zero-order valence-electron chi connectivity index (χ0n) is 14.9. The Bertz CT molecular complexity index is 801. The molecule has 0 saturated heterocycles. The Morgan fingerprint density at radius 3 is 2.50 bits per heavy atom. The van der Waals surface area contributed by atoms with E-state index in [2.05, 4.69) is 26.3 Å². The molecular weight excluding hydrogens is 398 g/mol. The molecule has 1 N–H and O–H groups in total. The van der Waals surface area contributed by atoms with Crippen LogP contribution in [0.1, 0.15) is 36.0 Å². The number of Topliss-reactive ketones (excluding diaryl/α,β-unsaturated/α-hetero) is 1. The lowest BCUT2D eigenvalue weighted by atomic mass is 9.75. The van der Waals surface area contributed by atoms with Crippen LogP contribution < -0.4 is 10.1 Å². The van der Waals surface area contributed by atoms with E-state index in [-0.39, 0.29) is 23.5 Å². The molecule has 1 aliphatic rings. The highest BCUT2D eigenvalue weighted by Crippen LogP contribution is 2.34. The number of anilines is 1. The van der Waals surface area contributed by atoms with Gasteiger partial charge in [0.15, 0.2) is 5.78 Å². The zero-order chi connectivity index (χ0) is 18.7. The van der Waals surface area contributed by atoms with E-state index in [1.54, 1.807) is 30.1 Å². The maximum Gasteiger partial charge on any atom is 0.235 e. The Labute approximate surface area is 161 Å². The molecule has 1 aromatic carbocycles. The summed E-state index contributed by atoms with van der Waals surface area (Å²) in [5, 5.41) is 6.99. The minimum atomic E-state index is -0.343. The van der Waals surface area contributed by atoms with E-state index in [4.69, 9.17) is 4.74 Å². The van der Waals surface area contributed by atoms with Crippen molar-refractivity contribution in [2.75, 3.05) is 12.4 Å². The van der Waals surface area contributed by atoms with Crippen LogP contribution in [-0.2, 0) is 11.8 Å². The number of aromatic nitrogens is 2. The third-order valence-corrected chi connectivity index (χ3v) is 5.43. The highest BCUT2D eigenvalue weighted by molar-refractivity contribution is 9.10. The molecule has 7 heteroatoms. The number of nitrogens with one attached hydrogen (secondary N) is 1. The summed E-state index contributed by atoms with van der Waals surface area (Å²) in [6.07, 6.45) is 4.92. The van der Waals surface area contributed by atoms with Crippen LogP contribution in [0.4, 0.5) is 5.69 Å². The third kappa shape index (κ3) is 3.82. The zero-order valence-corrected chi connectivity index (χ0v) is 16.5. The molecule has 0 radical (unpaired) electrons. The standard InChI is InChI=1S/C19H22BrN3O3/c1-23-19(26-2)16(11-21-23)22-18(25)15-6-4-3-5-14(15)17(24)12-7-9-13(20)10-8-12/h7-11,14-15H,3-6H2,1-2H3,(H,22,25). The molecule has 2 unspecified atom stereocenters. The topological polar surface area (TPSA) is 73.2 Å². The van der Waals surface area contributed by atoms with E-state index >= 15 is 0 Å². The van der Waals surface area contributed by atoms with Crippen molar-refractivity contribution < 1.29 is 14.3 Å². The van der Waals surface area contributed by atoms with Crippen LogP contribution in [0, 0.1) is 11.8 Å². The van der Waals surface area contributed by atoms with E-state index in [0.717, 1.165) is 23.7 Å². The lowest BCUT2D eigenvalue weighted by Gasteiger charge is -2.29. The number of aryl methyl sites for hydroxylation is 1. The first kappa shape index (κ1) is 18.6. The van der Waals surface area contributed by atoms with Crippen molar-refractivity contribution >= 4 is 33.3 Å². The Morgan fingerprint density at radius 1 is 1.19 bits per heavy atom. The van der Waals surface area contributed by atoms with Crippen molar-refractivity contribution in [3.05, 3.63) is 40.5 Å². The normalized spacial score (nSPS) is 19.8. The number of ether oxygens (including phenoxy) is 1. The van der Waals surface area contributed by atoms with Crippen LogP contribution in [-0.4, -0.2) is 28.6 Å². The van der Waals surface area contributed by atoms with Gasteiger partial charge >= 0.3 is 0 Å². The van der Waals surface area contributed by atoms with Crippen LogP contribution in [0.2, 0.25) is 0 Å². The molecule has 1 saturated carbocycles. The number of halogens is 1. The number of methoxy groups -OCH3 is 1. The van der Waals surface area contributed by atoms with Gasteiger partial charge in [-0.05, 0) is 25.0 Å². The summed E-state index contributed by atoms with van der Waals surface area (Å²) in [4.78, 5) is 25.9. The molecule has 0 bridgehead atoms. The van der Waals surface area contributed by atoms with Gasteiger partial charge < -0.3 is 10.1 Å². The lowest BCUT2D eigenvalue weighted by molar-refractivity contribution is -0.122. The van der Waals surface area contributed by atoms with Gasteiger partial charge in [0.1, 0.15) is 5.69 Å². The number of hydrogen-bond donors (Lipinski definition) is 1. The highest BCUT2D eigenvalue weighted by Gasteiger charge is 2.36. The number of nitrogens with zero attached hydrogens (tertiary/aromatic N) is 2. The fourth-order valence-electron chi connectivity index (χ4n) is 3.57. The Morgan fingerprint density at radius 2 is 1.85 bits per heavy atom. The number of ketones is 1. The van der Waals surface area contributed by atoms with Crippen LogP contribution in [0.5, 0.6) is 5.88 Å². The predicted octanol–water partition coefficient (Wildman–Crippen LogP) is 3.82. The number of benzene rings is 1. The van der Waals surface area contributed by atoms with Gasteiger partial charge in [-0.25, -0.2) is 4.68 Å². The molecule has 6 nitrogen and oxygen atoms in total. The second-order valence-corrected chi connectivity index (χ2v) is 7.46. The van der Waals surface area contributed by atoms with Crippen LogP contribution in [0.15, 0.2) is 34.9 Å². The molecule has 138 valence electrons. The van der Waals surface area contributed by atoms with Gasteiger partial charge in [-0.15, -0.1) is 0 Å². The second kappa shape index (κ2) is 8.03. The molecule has 0 spiro atoms. The second-order valence-electron chi connectivity index (χ2n) is 6.55. The minimum absolute atomic E-state index is 0.0375. The van der Waals surface area contributed by atoms with Crippen molar-refractivity contribution in [3.63, 3.8) is 0 Å². The van der Waals surface area contributed by atoms with Gasteiger partial charge in [-0.1, -0.05) is 40.9 Å². The summed E-state index contributed by atoms with van der Waals surface area (Å²) in [5.74, 6) is -0.260. The molecule has 0 aliphatic heterocycles. The Hall–Kier alpha value is -2.15. The molecule has 26 heavy (non-hydrogen) atoms. The van der Waals surface area contributed by atoms with Gasteiger partial charge in [-0.2, -0.15) is 5.10 Å². The number of carbonyl (C=O) groups excluding carboxylic acids is 2. The molecule has 2 atom stereocenters. The van der Waals surface area contributed by atoms with Crippen LogP contribution in [0.3, 0.4) is 0 Å². The van der Waals surface area contributed by atoms with Crippen molar-refractivity contribution in [3.8, 4) is 5.88 Å². The number of rotatable bonds is 5. The fraction of sp³-hybridized carbons (Fsp3) is 0.421. The summed E-state index contributed by atoms with van der Waals surface area (Å²) in [6, 6.07) is 7.32. The van der Waals surface area contributed by atoms with Gasteiger partial charge in [0.25, 0.3) is 0 Å². The van der Waals surface area contributed by atoms with E-state index in [1.165, 1.54) is 7.11 Å². The van der Waals surface area contributed by atoms with E-state index in [0.29, 0.717) is 23.6 Å². The van der Waals surface area contributed by atoms with E-state index in [1.807, 2.05) is 12.1 Å². The third-order valence-electron chi connectivity index (χ3n) is 4.90. The predicted molar refractivity (Wildman–Crippen MR) is 102 cm³/mol. The van der Waals surface area contributed by atoms with Crippen LogP contribution in [0.25, 0.3) is 0 Å². The molecule has 1 amide bonds. The minimum Gasteiger partial charge on any atom is -0.480 e. The first-order valence-corrected chi connectivity index (χ1v) is 9.47. The molecule has 1 aromatic heterocycles. The summed E-state index contributed by atoms with van der Waals surface area (Å²) < 4.78 is 7.76. The average Bonchev–Trinajstić information content (AvgIpc) is 3.01. The maximum atomic E-state index is 13.0. The summed E-state index contributed by atoms with van der Waals surface area (Å²) in [6.45, 7) is 0. The maximum absolute atomic E-state index is 13.0. The first-order chi connectivity index (χ1) is 12.5. The van der Waals surface area contributed by atoms with E-state index in [9.17, 15) is 9.59 Å². The largest absolute Gasteiger partial charge is 0.480 e. The summed E-state index contributed by atoms with van der Waals surface area (Å²) in [7, 11) is 3.28. The number of carbonyl (C=O) groups is 2. The first-order valence-electron chi connectivity index (χ1n) is 8.68. The molecule has 1 aliphatic carbocycles. The van der Waals surface area contributed by atoms with Gasteiger partial charge in [0.05, 0.1) is 13.3 Å². The highest BCUT2D eigenvalue weighted by atomic mass is 79.9. The molecule has 2 aromatic rings. The van der Waals surface area contributed by atoms with Crippen molar-refractivity contribution in [2.24, 2.45) is 18.9 Å². The number of hydrogen-bond acceptors (Lipinski definition) is 4. The molecule has 1 fully saturated rings. The Balaban J connectivity index is 1.78. The summed E-state index contributed by atoms with van der Waals surface area (Å²) in [5.41, 5.74) is 1.18. The SMILES string of the molecule is COc1c(NC(=O)C2CCCCC2C(=O)c2ccc(Br)cc2)cnn1C. The van der Waals surface area contributed by atoms with Gasteiger partial charge in [0, 0.05) is 28.9 Å². The number of amides is 1. The van der Waals surface area contributed by atoms with Gasteiger partial charge in [-0.3, -0.25) is 9.59 Å². The van der Waals surface area contributed by atoms with E-state index < -0.39 is 0 Å². The van der Waals surface area contributed by atoms with Crippen molar-refractivity contribution in [2.45, 2.75) is 25.7 Å². The summed E-state index contributed by atoms with van der Waals surface area (Å²) >= 11 is 3.38. The molecule has 3 rings (SSSR count). The lowest BCUT2D eigenvalue weighted by Crippen LogP contribution is -2.36. The van der Waals surface area contributed by atoms with Crippen molar-refractivity contribution in [1.82, 2.24) is 9.78 Å². The Kier molecular flexibility index (Phi) is 5.76. The molecular formula is C19H22BrN3O3. The fourth-order valence-corrected chi connectivity index (χ4v) is 3.83. The quantitative estimate of drug-likeness (QED) is 0.747. The molecule has 1 heterocycles. The van der Waals surface area contributed by atoms with Gasteiger partial charge in [0.2, 0.25) is 11.8 Å². The average molecular weight is 420 g/mol. The van der Waals surface area contributed by atoms with Crippen molar-refractivity contribution in [1.29, 1.82) is 0 Å². The smallest absolute Gasteiger partial charge is 0.235 e.